The Morgan fingerprint density at radius 2 is 1.84 bits per heavy atom. The van der Waals surface area contributed by atoms with Gasteiger partial charge in [0.2, 0.25) is 0 Å². The van der Waals surface area contributed by atoms with Gasteiger partial charge in [0, 0.05) is 36.3 Å². The number of carbonyl (C=O) groups is 1. The molecule has 1 N–H and O–H groups in total. The third-order valence-electron chi connectivity index (χ3n) is 5.49. The van der Waals surface area contributed by atoms with Crippen molar-refractivity contribution in [2.75, 3.05) is 40.0 Å². The number of halogens is 1. The molecule has 1 aliphatic rings. The maximum absolute atomic E-state index is 12.8. The quantitative estimate of drug-likeness (QED) is 0.630. The number of methoxy groups -OCH3 is 1. The number of carbonyl (C=O) groups excluding carboxylic acids is 1. The summed E-state index contributed by atoms with van der Waals surface area (Å²) in [5, 5.41) is 3.77. The SMILES string of the molecule is COc1cc(C(=O)NCC(C(C)C)N2CCOCC2)ccc1OCc1ccc(Cl)cc1. The monoisotopic (exact) mass is 446 g/mol. The minimum absolute atomic E-state index is 0.124. The maximum atomic E-state index is 12.8. The van der Waals surface area contributed by atoms with Crippen molar-refractivity contribution in [3.8, 4) is 11.5 Å². The summed E-state index contributed by atoms with van der Waals surface area (Å²) in [5.74, 6) is 1.41. The summed E-state index contributed by atoms with van der Waals surface area (Å²) >= 11 is 5.92. The van der Waals surface area contributed by atoms with E-state index in [9.17, 15) is 4.79 Å². The van der Waals surface area contributed by atoms with E-state index >= 15 is 0 Å². The molecule has 1 amide bonds. The number of ether oxygens (including phenoxy) is 3. The summed E-state index contributed by atoms with van der Waals surface area (Å²) in [5.41, 5.74) is 1.54. The summed E-state index contributed by atoms with van der Waals surface area (Å²) in [7, 11) is 1.57. The Hall–Kier alpha value is -2.28. The summed E-state index contributed by atoms with van der Waals surface area (Å²) < 4.78 is 16.8. The van der Waals surface area contributed by atoms with Gasteiger partial charge >= 0.3 is 0 Å². The number of nitrogens with zero attached hydrogens (tertiary/aromatic N) is 1. The second-order valence-electron chi connectivity index (χ2n) is 7.95. The van der Waals surface area contributed by atoms with Gasteiger partial charge in [0.05, 0.1) is 20.3 Å². The minimum atomic E-state index is -0.124. The van der Waals surface area contributed by atoms with Gasteiger partial charge in [-0.05, 0) is 41.8 Å². The van der Waals surface area contributed by atoms with Gasteiger partial charge in [-0.2, -0.15) is 0 Å². The Kier molecular flexibility index (Phi) is 8.58. The Labute approximate surface area is 189 Å². The van der Waals surface area contributed by atoms with Crippen molar-refractivity contribution in [3.05, 3.63) is 58.6 Å². The van der Waals surface area contributed by atoms with E-state index in [-0.39, 0.29) is 11.9 Å². The first kappa shape index (κ1) is 23.4. The second-order valence-corrected chi connectivity index (χ2v) is 8.39. The fourth-order valence-corrected chi connectivity index (χ4v) is 3.79. The van der Waals surface area contributed by atoms with Crippen LogP contribution in [0.3, 0.4) is 0 Å². The first-order chi connectivity index (χ1) is 15.0. The molecule has 0 radical (unpaired) electrons. The highest BCUT2D eigenvalue weighted by atomic mass is 35.5. The predicted molar refractivity (Wildman–Crippen MR) is 122 cm³/mol. The zero-order chi connectivity index (χ0) is 22.2. The number of benzene rings is 2. The van der Waals surface area contributed by atoms with Crippen molar-refractivity contribution < 1.29 is 19.0 Å². The first-order valence-electron chi connectivity index (χ1n) is 10.6. The van der Waals surface area contributed by atoms with E-state index in [1.165, 1.54) is 0 Å². The molecule has 1 fully saturated rings. The van der Waals surface area contributed by atoms with E-state index in [2.05, 4.69) is 24.1 Å². The average molecular weight is 447 g/mol. The fraction of sp³-hybridized carbons (Fsp3) is 0.458. The molecular weight excluding hydrogens is 416 g/mol. The molecule has 3 rings (SSSR count). The zero-order valence-electron chi connectivity index (χ0n) is 18.4. The Balaban J connectivity index is 1.60. The third kappa shape index (κ3) is 6.60. The molecule has 0 spiro atoms. The number of nitrogens with one attached hydrogen (secondary N) is 1. The Morgan fingerprint density at radius 1 is 1.13 bits per heavy atom. The van der Waals surface area contributed by atoms with E-state index in [4.69, 9.17) is 25.8 Å². The summed E-state index contributed by atoms with van der Waals surface area (Å²) in [6, 6.07) is 13.0. The van der Waals surface area contributed by atoms with Crippen LogP contribution < -0.4 is 14.8 Å². The lowest BCUT2D eigenvalue weighted by Crippen LogP contribution is -2.51. The zero-order valence-corrected chi connectivity index (χ0v) is 19.2. The summed E-state index contributed by atoms with van der Waals surface area (Å²) in [6.07, 6.45) is 0. The van der Waals surface area contributed by atoms with Crippen molar-refractivity contribution >= 4 is 17.5 Å². The van der Waals surface area contributed by atoms with Gasteiger partial charge in [0.1, 0.15) is 6.61 Å². The molecule has 6 nitrogen and oxygen atoms in total. The summed E-state index contributed by atoms with van der Waals surface area (Å²) in [6.45, 7) is 8.61. The topological polar surface area (TPSA) is 60.0 Å². The van der Waals surface area contributed by atoms with E-state index in [1.807, 2.05) is 24.3 Å². The van der Waals surface area contributed by atoms with Crippen LogP contribution in [0.2, 0.25) is 5.02 Å². The molecule has 0 saturated carbocycles. The normalized spacial score (nSPS) is 15.5. The van der Waals surface area contributed by atoms with E-state index in [0.29, 0.717) is 41.2 Å². The molecule has 7 heteroatoms. The maximum Gasteiger partial charge on any atom is 0.251 e. The molecule has 1 atom stereocenters. The molecule has 0 aromatic heterocycles. The third-order valence-corrected chi connectivity index (χ3v) is 5.74. The molecule has 1 saturated heterocycles. The van der Waals surface area contributed by atoms with Crippen molar-refractivity contribution in [2.24, 2.45) is 5.92 Å². The number of hydrogen-bond acceptors (Lipinski definition) is 5. The van der Waals surface area contributed by atoms with Gasteiger partial charge in [-0.25, -0.2) is 0 Å². The Bertz CT molecular complexity index is 851. The number of hydrogen-bond donors (Lipinski definition) is 1. The lowest BCUT2D eigenvalue weighted by Gasteiger charge is -2.36. The van der Waals surface area contributed by atoms with Gasteiger partial charge in [-0.15, -0.1) is 0 Å². The molecule has 31 heavy (non-hydrogen) atoms. The minimum Gasteiger partial charge on any atom is -0.493 e. The van der Waals surface area contributed by atoms with Crippen molar-refractivity contribution in [3.63, 3.8) is 0 Å². The van der Waals surface area contributed by atoms with Gasteiger partial charge in [0.15, 0.2) is 11.5 Å². The highest BCUT2D eigenvalue weighted by molar-refractivity contribution is 6.30. The molecule has 1 aliphatic heterocycles. The second kappa shape index (κ2) is 11.4. The van der Waals surface area contributed by atoms with E-state index in [0.717, 1.165) is 31.9 Å². The van der Waals surface area contributed by atoms with Crippen LogP contribution in [0, 0.1) is 5.92 Å². The molecule has 1 heterocycles. The van der Waals surface area contributed by atoms with Crippen LogP contribution in [0.15, 0.2) is 42.5 Å². The molecule has 2 aromatic carbocycles. The van der Waals surface area contributed by atoms with Crippen LogP contribution >= 0.6 is 11.6 Å². The van der Waals surface area contributed by atoms with Crippen LogP contribution in [-0.2, 0) is 11.3 Å². The van der Waals surface area contributed by atoms with Crippen molar-refractivity contribution in [2.45, 2.75) is 26.5 Å². The molecular formula is C24H31ClN2O4. The van der Waals surface area contributed by atoms with Gasteiger partial charge in [-0.1, -0.05) is 37.6 Å². The fourth-order valence-electron chi connectivity index (χ4n) is 3.66. The van der Waals surface area contributed by atoms with E-state index in [1.54, 1.807) is 25.3 Å². The first-order valence-corrected chi connectivity index (χ1v) is 11.0. The smallest absolute Gasteiger partial charge is 0.251 e. The number of amides is 1. The lowest BCUT2D eigenvalue weighted by molar-refractivity contribution is 0.00672. The number of rotatable bonds is 9. The molecule has 1 unspecified atom stereocenters. The highest BCUT2D eigenvalue weighted by Gasteiger charge is 2.24. The highest BCUT2D eigenvalue weighted by Crippen LogP contribution is 2.29. The van der Waals surface area contributed by atoms with Gasteiger partial charge < -0.3 is 19.5 Å². The van der Waals surface area contributed by atoms with Crippen LogP contribution in [0.5, 0.6) is 11.5 Å². The van der Waals surface area contributed by atoms with Crippen molar-refractivity contribution in [1.82, 2.24) is 10.2 Å². The molecule has 168 valence electrons. The summed E-state index contributed by atoms with van der Waals surface area (Å²) in [4.78, 5) is 15.2. The van der Waals surface area contributed by atoms with Crippen molar-refractivity contribution in [1.29, 1.82) is 0 Å². The van der Waals surface area contributed by atoms with Crippen LogP contribution in [-0.4, -0.2) is 56.8 Å². The number of morpholine rings is 1. The molecule has 2 aromatic rings. The molecule has 0 aliphatic carbocycles. The van der Waals surface area contributed by atoms with Crippen LogP contribution in [0.1, 0.15) is 29.8 Å². The lowest BCUT2D eigenvalue weighted by atomic mass is 10.0. The van der Waals surface area contributed by atoms with Gasteiger partial charge in [0.25, 0.3) is 5.91 Å². The predicted octanol–water partition coefficient (Wildman–Crippen LogP) is 4.01. The Morgan fingerprint density at radius 3 is 2.48 bits per heavy atom. The van der Waals surface area contributed by atoms with Crippen LogP contribution in [0.4, 0.5) is 0 Å². The van der Waals surface area contributed by atoms with Crippen LogP contribution in [0.25, 0.3) is 0 Å². The standard InChI is InChI=1S/C24H31ClN2O4/c1-17(2)21(27-10-12-30-13-11-27)15-26-24(28)19-6-9-22(23(14-19)29-3)31-16-18-4-7-20(25)8-5-18/h4-9,14,17,21H,10-13,15-16H2,1-3H3,(H,26,28). The molecule has 0 bridgehead atoms. The van der Waals surface area contributed by atoms with E-state index < -0.39 is 0 Å². The van der Waals surface area contributed by atoms with Gasteiger partial charge in [-0.3, -0.25) is 9.69 Å². The average Bonchev–Trinajstić information content (AvgIpc) is 2.79. The largest absolute Gasteiger partial charge is 0.493 e.